The monoisotopic (exact) mass is 275 g/mol. The van der Waals surface area contributed by atoms with E-state index in [1.807, 2.05) is 0 Å². The van der Waals surface area contributed by atoms with Gasteiger partial charge in [-0.15, -0.1) is 0 Å². The van der Waals surface area contributed by atoms with Crippen LogP contribution in [0.3, 0.4) is 0 Å². The maximum absolute atomic E-state index is 13.5. The number of hydrogen-bond donors (Lipinski definition) is 2. The SMILES string of the molecule is Nc1ccc2c(c1)NC(=Nc1ccc(F)cc1F)CO2. The summed E-state index contributed by atoms with van der Waals surface area (Å²) in [5.41, 5.74) is 6.97. The lowest BCUT2D eigenvalue weighted by Crippen LogP contribution is -2.25. The Hall–Kier alpha value is -2.63. The zero-order chi connectivity index (χ0) is 14.1. The van der Waals surface area contributed by atoms with E-state index in [1.54, 1.807) is 18.2 Å². The number of halogens is 2. The first-order valence-corrected chi connectivity index (χ1v) is 5.94. The lowest BCUT2D eigenvalue weighted by molar-refractivity contribution is 0.372. The van der Waals surface area contributed by atoms with Gasteiger partial charge >= 0.3 is 0 Å². The highest BCUT2D eigenvalue weighted by atomic mass is 19.1. The maximum atomic E-state index is 13.5. The van der Waals surface area contributed by atoms with Crippen LogP contribution in [0.4, 0.5) is 25.8 Å². The van der Waals surface area contributed by atoms with Gasteiger partial charge in [-0.2, -0.15) is 0 Å². The smallest absolute Gasteiger partial charge is 0.151 e. The highest BCUT2D eigenvalue weighted by Gasteiger charge is 2.15. The number of nitrogen functional groups attached to an aromatic ring is 1. The summed E-state index contributed by atoms with van der Waals surface area (Å²) in [4.78, 5) is 4.09. The molecule has 1 heterocycles. The standard InChI is InChI=1S/C14H11F2N3O/c15-8-1-3-11(10(16)5-8)18-14-7-20-13-4-2-9(17)6-12(13)19-14/h1-6H,7,17H2,(H,18,19). The Morgan fingerprint density at radius 3 is 2.80 bits per heavy atom. The van der Waals surface area contributed by atoms with Gasteiger partial charge in [0.15, 0.2) is 5.82 Å². The van der Waals surface area contributed by atoms with Crippen LogP contribution in [0.25, 0.3) is 0 Å². The van der Waals surface area contributed by atoms with Crippen molar-refractivity contribution >= 4 is 22.9 Å². The first-order chi connectivity index (χ1) is 9.61. The molecule has 1 aliphatic heterocycles. The van der Waals surface area contributed by atoms with E-state index in [4.69, 9.17) is 10.5 Å². The molecule has 2 aromatic carbocycles. The zero-order valence-corrected chi connectivity index (χ0v) is 10.4. The normalized spacial score (nSPS) is 15.4. The number of ether oxygens (including phenoxy) is 1. The quantitative estimate of drug-likeness (QED) is 0.786. The van der Waals surface area contributed by atoms with Crippen molar-refractivity contribution in [2.24, 2.45) is 4.99 Å². The molecule has 0 bridgehead atoms. The molecule has 0 spiro atoms. The molecule has 0 radical (unpaired) electrons. The third-order valence-corrected chi connectivity index (χ3v) is 2.81. The van der Waals surface area contributed by atoms with Crippen LogP contribution in [-0.4, -0.2) is 12.4 Å². The summed E-state index contributed by atoms with van der Waals surface area (Å²) in [6.07, 6.45) is 0. The Balaban J connectivity index is 1.91. The van der Waals surface area contributed by atoms with Gasteiger partial charge in [0.1, 0.15) is 29.7 Å². The van der Waals surface area contributed by atoms with E-state index >= 15 is 0 Å². The molecule has 0 saturated carbocycles. The molecule has 0 atom stereocenters. The van der Waals surface area contributed by atoms with E-state index in [0.717, 1.165) is 12.1 Å². The van der Waals surface area contributed by atoms with Crippen LogP contribution in [0.2, 0.25) is 0 Å². The van der Waals surface area contributed by atoms with E-state index < -0.39 is 11.6 Å². The van der Waals surface area contributed by atoms with Gasteiger partial charge in [0.25, 0.3) is 0 Å². The molecule has 0 saturated heterocycles. The predicted molar refractivity (Wildman–Crippen MR) is 73.4 cm³/mol. The summed E-state index contributed by atoms with van der Waals surface area (Å²) in [6.45, 7) is 0.174. The zero-order valence-electron chi connectivity index (χ0n) is 10.4. The molecule has 3 N–H and O–H groups in total. The second-order valence-corrected chi connectivity index (χ2v) is 4.32. The van der Waals surface area contributed by atoms with Crippen LogP contribution in [0.1, 0.15) is 0 Å². The Morgan fingerprint density at radius 2 is 2.00 bits per heavy atom. The average molecular weight is 275 g/mol. The maximum Gasteiger partial charge on any atom is 0.151 e. The summed E-state index contributed by atoms with van der Waals surface area (Å²) in [5, 5.41) is 3.01. The predicted octanol–water partition coefficient (Wildman–Crippen LogP) is 3.08. The largest absolute Gasteiger partial charge is 0.484 e. The van der Waals surface area contributed by atoms with Crippen LogP contribution in [-0.2, 0) is 0 Å². The molecule has 20 heavy (non-hydrogen) atoms. The highest BCUT2D eigenvalue weighted by Crippen LogP contribution is 2.30. The average Bonchev–Trinajstić information content (AvgIpc) is 2.41. The van der Waals surface area contributed by atoms with Crippen molar-refractivity contribution in [3.63, 3.8) is 0 Å². The number of anilines is 2. The van der Waals surface area contributed by atoms with Gasteiger partial charge in [0.05, 0.1) is 5.69 Å². The molecule has 4 nitrogen and oxygen atoms in total. The number of nitrogens with one attached hydrogen (secondary N) is 1. The molecular formula is C14H11F2N3O. The molecule has 0 unspecified atom stereocenters. The second kappa shape index (κ2) is 4.80. The fourth-order valence-corrected chi connectivity index (χ4v) is 1.89. The Labute approximate surface area is 113 Å². The van der Waals surface area contributed by atoms with Crippen molar-refractivity contribution < 1.29 is 13.5 Å². The Kier molecular flexibility index (Phi) is 2.98. The van der Waals surface area contributed by atoms with Crippen molar-refractivity contribution in [2.75, 3.05) is 17.7 Å². The molecule has 2 aromatic rings. The lowest BCUT2D eigenvalue weighted by atomic mass is 10.2. The first kappa shape index (κ1) is 12.4. The number of amidine groups is 1. The molecule has 3 rings (SSSR count). The van der Waals surface area contributed by atoms with E-state index in [9.17, 15) is 8.78 Å². The molecule has 0 fully saturated rings. The van der Waals surface area contributed by atoms with Gasteiger partial charge < -0.3 is 15.8 Å². The van der Waals surface area contributed by atoms with Gasteiger partial charge in [0, 0.05) is 11.8 Å². The summed E-state index contributed by atoms with van der Waals surface area (Å²) >= 11 is 0. The summed E-state index contributed by atoms with van der Waals surface area (Å²) in [7, 11) is 0. The molecule has 0 aromatic heterocycles. The van der Waals surface area contributed by atoms with E-state index in [2.05, 4.69) is 10.3 Å². The van der Waals surface area contributed by atoms with Crippen molar-refractivity contribution in [2.45, 2.75) is 0 Å². The minimum Gasteiger partial charge on any atom is -0.484 e. The minimum atomic E-state index is -0.724. The van der Waals surface area contributed by atoms with Gasteiger partial charge in [0.2, 0.25) is 0 Å². The van der Waals surface area contributed by atoms with Gasteiger partial charge in [-0.05, 0) is 30.3 Å². The highest BCUT2D eigenvalue weighted by molar-refractivity contribution is 6.01. The van der Waals surface area contributed by atoms with Gasteiger partial charge in [-0.3, -0.25) is 0 Å². The van der Waals surface area contributed by atoms with E-state index in [1.165, 1.54) is 6.07 Å². The Morgan fingerprint density at radius 1 is 1.15 bits per heavy atom. The van der Waals surface area contributed by atoms with Crippen molar-refractivity contribution in [3.05, 3.63) is 48.0 Å². The number of aliphatic imine (C=N–C) groups is 1. The van der Waals surface area contributed by atoms with Crippen LogP contribution >= 0.6 is 0 Å². The summed E-state index contributed by atoms with van der Waals surface area (Å²) < 4.78 is 31.8. The number of rotatable bonds is 1. The van der Waals surface area contributed by atoms with Crippen LogP contribution in [0, 0.1) is 11.6 Å². The molecule has 102 valence electrons. The van der Waals surface area contributed by atoms with Crippen molar-refractivity contribution in [1.29, 1.82) is 0 Å². The first-order valence-electron chi connectivity index (χ1n) is 5.94. The third-order valence-electron chi connectivity index (χ3n) is 2.81. The number of benzene rings is 2. The number of nitrogens with two attached hydrogens (primary N) is 1. The minimum absolute atomic E-state index is 0.0462. The molecule has 6 heteroatoms. The van der Waals surface area contributed by atoms with Crippen LogP contribution in [0.5, 0.6) is 5.75 Å². The number of hydrogen-bond acceptors (Lipinski definition) is 3. The Bertz CT molecular complexity index is 701. The fraction of sp³-hybridized carbons (Fsp3) is 0.0714. The van der Waals surface area contributed by atoms with Crippen LogP contribution in [0.15, 0.2) is 41.4 Å². The van der Waals surface area contributed by atoms with Gasteiger partial charge in [-0.1, -0.05) is 0 Å². The van der Waals surface area contributed by atoms with E-state index in [0.29, 0.717) is 23.0 Å². The second-order valence-electron chi connectivity index (χ2n) is 4.32. The summed E-state index contributed by atoms with van der Waals surface area (Å²) in [5.74, 6) is -0.290. The molecule has 1 aliphatic rings. The van der Waals surface area contributed by atoms with Crippen molar-refractivity contribution in [3.8, 4) is 5.75 Å². The third kappa shape index (κ3) is 2.40. The van der Waals surface area contributed by atoms with E-state index in [-0.39, 0.29) is 12.3 Å². The number of fused-ring (bicyclic) bond motifs is 1. The van der Waals surface area contributed by atoms with Crippen molar-refractivity contribution in [1.82, 2.24) is 0 Å². The molecule has 0 aliphatic carbocycles. The summed E-state index contributed by atoms with van der Waals surface area (Å²) in [6, 6.07) is 8.38. The van der Waals surface area contributed by atoms with Crippen LogP contribution < -0.4 is 15.8 Å². The fourth-order valence-electron chi connectivity index (χ4n) is 1.89. The lowest BCUT2D eigenvalue weighted by Gasteiger charge is -2.21. The van der Waals surface area contributed by atoms with Gasteiger partial charge in [-0.25, -0.2) is 13.8 Å². The molecule has 0 amide bonds. The number of nitrogens with zero attached hydrogens (tertiary/aromatic N) is 1. The molecular weight excluding hydrogens is 264 g/mol. The topological polar surface area (TPSA) is 59.6 Å².